The first-order valence-electron chi connectivity index (χ1n) is 17.1. The summed E-state index contributed by atoms with van der Waals surface area (Å²) in [4.78, 5) is 13.8. The van der Waals surface area contributed by atoms with Crippen molar-refractivity contribution in [3.63, 3.8) is 0 Å². The van der Waals surface area contributed by atoms with Crippen LogP contribution in [0.2, 0.25) is 36.3 Å². The molecule has 1 heterocycles. The molecule has 5 atom stereocenters. The van der Waals surface area contributed by atoms with Crippen LogP contribution >= 0.6 is 22.9 Å². The van der Waals surface area contributed by atoms with Crippen molar-refractivity contribution >= 4 is 45.5 Å². The predicted molar refractivity (Wildman–Crippen MR) is 194 cm³/mol. The van der Waals surface area contributed by atoms with Crippen LogP contribution in [0.5, 0.6) is 0 Å². The summed E-state index contributed by atoms with van der Waals surface area (Å²) in [6.07, 6.45) is 15.3. The largest absolute Gasteiger partial charge is 0.465 e. The fraction of sp³-hybridized carbons (Fsp3) is 0.806. The van der Waals surface area contributed by atoms with E-state index in [-0.39, 0.29) is 33.6 Å². The molecule has 252 valence electrons. The maximum atomic E-state index is 11.9. The second-order valence-electron chi connectivity index (χ2n) is 16.7. The van der Waals surface area contributed by atoms with Crippen molar-refractivity contribution in [1.29, 1.82) is 0 Å². The Hall–Kier alpha value is -0.446. The van der Waals surface area contributed by atoms with Crippen LogP contribution in [-0.4, -0.2) is 47.3 Å². The molecule has 1 aromatic rings. The van der Waals surface area contributed by atoms with E-state index in [1.54, 1.807) is 11.3 Å². The van der Waals surface area contributed by atoms with Gasteiger partial charge in [0.2, 0.25) is 0 Å². The fourth-order valence-electron chi connectivity index (χ4n) is 6.48. The van der Waals surface area contributed by atoms with E-state index in [0.29, 0.717) is 22.1 Å². The molecule has 0 spiro atoms. The first-order valence-corrected chi connectivity index (χ1v) is 24.2. The number of aryl methyl sites for hydroxylation is 1. The van der Waals surface area contributed by atoms with E-state index in [9.17, 15) is 4.79 Å². The normalized spacial score (nSPS) is 25.3. The molecule has 1 aromatic heterocycles. The molecule has 3 rings (SSSR count). The Morgan fingerprint density at radius 1 is 1.09 bits per heavy atom. The van der Waals surface area contributed by atoms with Crippen LogP contribution in [0.3, 0.4) is 0 Å². The highest BCUT2D eigenvalue weighted by Gasteiger charge is 2.49. The number of hydrogen-bond acceptors (Lipinski definition) is 5. The molecular weight excluding hydrogens is 620 g/mol. The Morgan fingerprint density at radius 3 is 2.25 bits per heavy atom. The minimum Gasteiger partial charge on any atom is -0.465 e. The maximum Gasteiger partial charge on any atom is 0.348 e. The number of alkyl halides is 1. The molecule has 2 saturated carbocycles. The van der Waals surface area contributed by atoms with Crippen LogP contribution in [0.4, 0.5) is 0 Å². The van der Waals surface area contributed by atoms with Gasteiger partial charge >= 0.3 is 5.97 Å². The summed E-state index contributed by atoms with van der Waals surface area (Å²) in [7, 11) is -2.44. The minimum atomic E-state index is -1.97. The van der Waals surface area contributed by atoms with Gasteiger partial charge in [0.25, 0.3) is 0 Å². The van der Waals surface area contributed by atoms with E-state index in [0.717, 1.165) is 32.1 Å². The number of hydrogen-bond donors (Lipinski definition) is 0. The Balaban J connectivity index is 1.81. The van der Waals surface area contributed by atoms with Crippen LogP contribution in [-0.2, 0) is 20.0 Å². The number of methoxy groups -OCH3 is 1. The molecule has 2 aliphatic carbocycles. The smallest absolute Gasteiger partial charge is 0.348 e. The van der Waals surface area contributed by atoms with E-state index in [1.807, 2.05) is 6.07 Å². The zero-order valence-corrected chi connectivity index (χ0v) is 33.6. The topological polar surface area (TPSA) is 44.8 Å². The Kier molecular flexibility index (Phi) is 12.8. The highest BCUT2D eigenvalue weighted by Crippen LogP contribution is 2.52. The van der Waals surface area contributed by atoms with E-state index in [2.05, 4.69) is 92.9 Å². The van der Waals surface area contributed by atoms with E-state index in [1.165, 1.54) is 37.7 Å². The molecule has 0 bridgehead atoms. The van der Waals surface area contributed by atoms with Gasteiger partial charge in [-0.3, -0.25) is 0 Å². The van der Waals surface area contributed by atoms with Crippen LogP contribution in [0.25, 0.3) is 0 Å². The van der Waals surface area contributed by atoms with Crippen LogP contribution < -0.4 is 0 Å². The zero-order valence-electron chi connectivity index (χ0n) is 30.0. The second-order valence-corrected chi connectivity index (χ2v) is 27.9. The summed E-state index contributed by atoms with van der Waals surface area (Å²) in [6, 6.07) is 3.95. The number of esters is 1. The molecule has 0 aromatic carbocycles. The SMILES string of the molecule is CCC1(C(CC=C[C@@H]2[C@@H](CCCc3ccc(C(=O)OC)s3)[C@H](Cl)C[C@H]2O[Si](C)(C)C(C)(C)C)O[Si](C)(C)C(C)(C)C)CCC1. The van der Waals surface area contributed by atoms with Gasteiger partial charge in [-0.05, 0) is 111 Å². The van der Waals surface area contributed by atoms with Gasteiger partial charge in [0.1, 0.15) is 4.88 Å². The molecule has 0 radical (unpaired) electrons. The molecule has 1 unspecified atom stereocenters. The molecule has 4 nitrogen and oxygen atoms in total. The van der Waals surface area contributed by atoms with Crippen molar-refractivity contribution in [2.45, 2.75) is 160 Å². The maximum absolute atomic E-state index is 11.9. The lowest BCUT2D eigenvalue weighted by molar-refractivity contribution is -0.0273. The highest BCUT2D eigenvalue weighted by atomic mass is 35.5. The molecule has 44 heavy (non-hydrogen) atoms. The monoisotopic (exact) mass is 682 g/mol. The van der Waals surface area contributed by atoms with Crippen molar-refractivity contribution in [3.8, 4) is 0 Å². The highest BCUT2D eigenvalue weighted by molar-refractivity contribution is 7.13. The third-order valence-electron chi connectivity index (χ3n) is 11.8. The zero-order chi connectivity index (χ0) is 33.1. The number of carbonyl (C=O) groups is 1. The Morgan fingerprint density at radius 2 is 1.73 bits per heavy atom. The summed E-state index contributed by atoms with van der Waals surface area (Å²) >= 11 is 8.73. The molecule has 0 amide bonds. The van der Waals surface area contributed by atoms with Gasteiger partial charge in [-0.1, -0.05) is 67.0 Å². The average Bonchev–Trinajstić information content (AvgIpc) is 3.46. The number of carbonyl (C=O) groups excluding carboxylic acids is 1. The van der Waals surface area contributed by atoms with Crippen molar-refractivity contribution < 1.29 is 18.4 Å². The van der Waals surface area contributed by atoms with Crippen LogP contribution in [0, 0.1) is 17.3 Å². The van der Waals surface area contributed by atoms with Crippen molar-refractivity contribution in [2.24, 2.45) is 17.3 Å². The Bertz CT molecular complexity index is 1110. The van der Waals surface area contributed by atoms with Crippen molar-refractivity contribution in [3.05, 3.63) is 34.0 Å². The van der Waals surface area contributed by atoms with E-state index >= 15 is 0 Å². The number of thiophene rings is 1. The van der Waals surface area contributed by atoms with Gasteiger partial charge in [0, 0.05) is 16.2 Å². The van der Waals surface area contributed by atoms with Crippen molar-refractivity contribution in [1.82, 2.24) is 0 Å². The Labute approximate surface area is 281 Å². The van der Waals surface area contributed by atoms with E-state index < -0.39 is 16.6 Å². The number of rotatable bonds is 14. The van der Waals surface area contributed by atoms with Gasteiger partial charge in [0.15, 0.2) is 16.6 Å². The molecule has 2 aliphatic rings. The molecule has 0 aliphatic heterocycles. The fourth-order valence-corrected chi connectivity index (χ4v) is 10.7. The summed E-state index contributed by atoms with van der Waals surface area (Å²) in [5.41, 5.74) is 0.310. The molecule has 0 saturated heterocycles. The third-order valence-corrected chi connectivity index (χ3v) is 22.4. The van der Waals surface area contributed by atoms with Crippen LogP contribution in [0.15, 0.2) is 24.3 Å². The summed E-state index contributed by atoms with van der Waals surface area (Å²) < 4.78 is 19.2. The first-order chi connectivity index (χ1) is 20.3. The lowest BCUT2D eigenvalue weighted by Gasteiger charge is -2.51. The van der Waals surface area contributed by atoms with Gasteiger partial charge in [0.05, 0.1) is 19.3 Å². The number of halogens is 1. The number of ether oxygens (including phenoxy) is 1. The predicted octanol–water partition coefficient (Wildman–Crippen LogP) is 11.4. The molecule has 0 N–H and O–H groups in total. The minimum absolute atomic E-state index is 0.0984. The van der Waals surface area contributed by atoms with E-state index in [4.69, 9.17) is 25.2 Å². The lowest BCUT2D eigenvalue weighted by atomic mass is 9.63. The summed E-state index contributed by atoms with van der Waals surface area (Å²) in [5, 5.41) is 0.441. The second kappa shape index (κ2) is 14.8. The summed E-state index contributed by atoms with van der Waals surface area (Å²) in [5.74, 6) is 0.413. The van der Waals surface area contributed by atoms with Gasteiger partial charge in [-0.25, -0.2) is 4.79 Å². The first kappa shape index (κ1) is 38.0. The average molecular weight is 684 g/mol. The van der Waals surface area contributed by atoms with Gasteiger partial charge < -0.3 is 13.6 Å². The van der Waals surface area contributed by atoms with Crippen molar-refractivity contribution in [2.75, 3.05) is 7.11 Å². The quantitative estimate of drug-likeness (QED) is 0.0847. The molecule has 8 heteroatoms. The molecular formula is C36H63ClO4SSi2. The molecule has 2 fully saturated rings. The third kappa shape index (κ3) is 8.92. The summed E-state index contributed by atoms with van der Waals surface area (Å²) in [6.45, 7) is 25.9. The lowest BCUT2D eigenvalue weighted by Crippen LogP contribution is -2.51. The van der Waals surface area contributed by atoms with Gasteiger partial charge in [-0.2, -0.15) is 0 Å². The van der Waals surface area contributed by atoms with Gasteiger partial charge in [-0.15, -0.1) is 22.9 Å². The standard InChI is InChI=1S/C36H63ClO4SSi2/c1-13-36(23-16-24-36)32(41-44(11,12)35(5,6)7)20-15-19-28-27(18-14-17-26-21-22-31(42-26)33(38)39-8)29(37)25-30(28)40-43(9,10)34(2,3)4/h15,19,21-22,27-30,32H,13-14,16-18,20,23-25H2,1-12H3/t27-,28-,29-,30-,32?/m1/s1. The van der Waals surface area contributed by atoms with Crippen LogP contribution in [0.1, 0.15) is 114 Å².